The summed E-state index contributed by atoms with van der Waals surface area (Å²) in [5.74, 6) is -2.34. The van der Waals surface area contributed by atoms with Crippen LogP contribution in [0.2, 0.25) is 0 Å². The van der Waals surface area contributed by atoms with Crippen molar-refractivity contribution in [3.05, 3.63) is 54.1 Å². The Morgan fingerprint density at radius 3 is 2.11 bits per heavy atom. The molecule has 0 bridgehead atoms. The number of carbonyl (C=O) groups is 1. The van der Waals surface area contributed by atoms with Gasteiger partial charge in [0, 0.05) is 12.1 Å². The quantitative estimate of drug-likeness (QED) is 0.811. The third kappa shape index (κ3) is 6.60. The Balaban J connectivity index is 0.000000321. The lowest BCUT2D eigenvalue weighted by Gasteiger charge is -2.26. The van der Waals surface area contributed by atoms with E-state index in [1.807, 2.05) is 30.3 Å². The summed E-state index contributed by atoms with van der Waals surface area (Å²) in [6, 6.07) is 16.3. The Labute approximate surface area is 155 Å². The van der Waals surface area contributed by atoms with Gasteiger partial charge in [0.2, 0.25) is 0 Å². The van der Waals surface area contributed by atoms with Gasteiger partial charge in [0.1, 0.15) is 5.75 Å². The number of phenols is 1. The normalized spacial score (nSPS) is 14.9. The van der Waals surface area contributed by atoms with Gasteiger partial charge in [-0.05, 0) is 49.2 Å². The molecule has 0 atom stereocenters. The SMILES string of the molecule is O=C(O)C(F)(F)F.Oc1ccc(-c2ccccc2)cc1CN1CCCCC1. The third-order valence-corrected chi connectivity index (χ3v) is 4.27. The van der Waals surface area contributed by atoms with Gasteiger partial charge in [0.15, 0.2) is 0 Å². The van der Waals surface area contributed by atoms with Crippen molar-refractivity contribution in [1.82, 2.24) is 4.90 Å². The molecule has 7 heteroatoms. The lowest BCUT2D eigenvalue weighted by Crippen LogP contribution is -2.29. The first-order valence-electron chi connectivity index (χ1n) is 8.67. The highest BCUT2D eigenvalue weighted by atomic mass is 19.4. The second-order valence-electron chi connectivity index (χ2n) is 6.35. The lowest BCUT2D eigenvalue weighted by molar-refractivity contribution is -0.192. The van der Waals surface area contributed by atoms with Gasteiger partial charge in [-0.15, -0.1) is 0 Å². The fourth-order valence-corrected chi connectivity index (χ4v) is 2.88. The highest BCUT2D eigenvalue weighted by molar-refractivity contribution is 5.73. The Bertz CT molecular complexity index is 742. The molecule has 0 saturated carbocycles. The van der Waals surface area contributed by atoms with Gasteiger partial charge in [-0.2, -0.15) is 13.2 Å². The van der Waals surface area contributed by atoms with Gasteiger partial charge in [-0.3, -0.25) is 4.90 Å². The number of hydrogen-bond donors (Lipinski definition) is 2. The van der Waals surface area contributed by atoms with Gasteiger partial charge >= 0.3 is 12.1 Å². The van der Waals surface area contributed by atoms with E-state index in [4.69, 9.17) is 9.90 Å². The maximum atomic E-state index is 10.6. The van der Waals surface area contributed by atoms with Crippen molar-refractivity contribution in [2.75, 3.05) is 13.1 Å². The minimum absolute atomic E-state index is 0.412. The molecular weight excluding hydrogens is 359 g/mol. The van der Waals surface area contributed by atoms with Gasteiger partial charge < -0.3 is 10.2 Å². The molecule has 0 aromatic heterocycles. The second kappa shape index (κ2) is 9.41. The number of aromatic hydroxyl groups is 1. The molecule has 1 aliphatic heterocycles. The molecule has 2 aromatic rings. The molecule has 4 nitrogen and oxygen atoms in total. The van der Waals surface area contributed by atoms with Crippen molar-refractivity contribution in [1.29, 1.82) is 0 Å². The average molecular weight is 381 g/mol. The van der Waals surface area contributed by atoms with Crippen LogP contribution in [-0.4, -0.2) is 40.3 Å². The summed E-state index contributed by atoms with van der Waals surface area (Å²) in [6.45, 7) is 3.15. The van der Waals surface area contributed by atoms with E-state index in [1.165, 1.54) is 30.4 Å². The van der Waals surface area contributed by atoms with E-state index in [0.29, 0.717) is 5.75 Å². The highest BCUT2D eigenvalue weighted by Crippen LogP contribution is 2.27. The zero-order valence-corrected chi connectivity index (χ0v) is 14.7. The van der Waals surface area contributed by atoms with Crippen LogP contribution in [0.25, 0.3) is 11.1 Å². The van der Waals surface area contributed by atoms with Crippen molar-refractivity contribution in [2.45, 2.75) is 32.0 Å². The van der Waals surface area contributed by atoms with Crippen LogP contribution in [0, 0.1) is 0 Å². The first-order chi connectivity index (χ1) is 12.8. The smallest absolute Gasteiger partial charge is 0.490 e. The molecule has 0 amide bonds. The van der Waals surface area contributed by atoms with Crippen molar-refractivity contribution in [3.63, 3.8) is 0 Å². The molecule has 0 spiro atoms. The molecule has 0 aliphatic carbocycles. The number of rotatable bonds is 3. The van der Waals surface area contributed by atoms with E-state index in [0.717, 1.165) is 25.2 Å². The molecule has 1 heterocycles. The molecular formula is C20H22F3NO3. The number of benzene rings is 2. The Morgan fingerprint density at radius 2 is 1.56 bits per heavy atom. The zero-order valence-electron chi connectivity index (χ0n) is 14.7. The van der Waals surface area contributed by atoms with E-state index in [2.05, 4.69) is 23.1 Å². The second-order valence-corrected chi connectivity index (χ2v) is 6.35. The fourth-order valence-electron chi connectivity index (χ4n) is 2.88. The third-order valence-electron chi connectivity index (χ3n) is 4.27. The molecule has 2 aromatic carbocycles. The number of halogens is 3. The number of piperidine rings is 1. The van der Waals surface area contributed by atoms with E-state index in [1.54, 1.807) is 0 Å². The Hall–Kier alpha value is -2.54. The number of nitrogens with zero attached hydrogens (tertiary/aromatic N) is 1. The number of aliphatic carboxylic acids is 1. The number of alkyl halides is 3. The standard InChI is InChI=1S/C18H21NO.C2HF3O2/c20-18-10-9-16(15-7-3-1-4-8-15)13-17(18)14-19-11-5-2-6-12-19;3-2(4,5)1(6)7/h1,3-4,7-10,13,20H,2,5-6,11-12,14H2;(H,6,7). The molecule has 1 aliphatic rings. The topological polar surface area (TPSA) is 60.8 Å². The maximum Gasteiger partial charge on any atom is 0.490 e. The Kier molecular flexibility index (Phi) is 7.24. The number of phenolic OH excluding ortho intramolecular Hbond substituents is 1. The molecule has 27 heavy (non-hydrogen) atoms. The molecule has 2 N–H and O–H groups in total. The van der Waals surface area contributed by atoms with Gasteiger partial charge in [0.25, 0.3) is 0 Å². The average Bonchev–Trinajstić information content (AvgIpc) is 2.65. The van der Waals surface area contributed by atoms with Crippen LogP contribution in [0.3, 0.4) is 0 Å². The van der Waals surface area contributed by atoms with Gasteiger partial charge in [-0.25, -0.2) is 4.79 Å². The lowest BCUT2D eigenvalue weighted by atomic mass is 10.0. The summed E-state index contributed by atoms with van der Waals surface area (Å²) < 4.78 is 31.7. The van der Waals surface area contributed by atoms with Crippen LogP contribution in [0.4, 0.5) is 13.2 Å². The fraction of sp³-hybridized carbons (Fsp3) is 0.350. The minimum Gasteiger partial charge on any atom is -0.508 e. The maximum absolute atomic E-state index is 10.6. The monoisotopic (exact) mass is 381 g/mol. The van der Waals surface area contributed by atoms with Crippen LogP contribution in [-0.2, 0) is 11.3 Å². The van der Waals surface area contributed by atoms with E-state index in [-0.39, 0.29) is 0 Å². The molecule has 146 valence electrons. The first-order valence-corrected chi connectivity index (χ1v) is 8.67. The zero-order chi connectivity index (χ0) is 19.9. The van der Waals surface area contributed by atoms with Crippen molar-refractivity contribution >= 4 is 5.97 Å². The van der Waals surface area contributed by atoms with Crippen LogP contribution >= 0.6 is 0 Å². The summed E-state index contributed by atoms with van der Waals surface area (Å²) in [4.78, 5) is 11.3. The first kappa shape index (κ1) is 20.8. The molecule has 1 fully saturated rings. The molecule has 1 saturated heterocycles. The van der Waals surface area contributed by atoms with E-state index >= 15 is 0 Å². The molecule has 3 rings (SSSR count). The predicted octanol–water partition coefficient (Wildman–Crippen LogP) is 4.68. The minimum atomic E-state index is -5.08. The number of likely N-dealkylation sites (tertiary alicyclic amines) is 1. The largest absolute Gasteiger partial charge is 0.508 e. The summed E-state index contributed by atoms with van der Waals surface area (Å²) in [6.07, 6.45) is -1.19. The highest BCUT2D eigenvalue weighted by Gasteiger charge is 2.38. The van der Waals surface area contributed by atoms with Gasteiger partial charge in [0.05, 0.1) is 0 Å². The molecule has 0 unspecified atom stereocenters. The van der Waals surface area contributed by atoms with Gasteiger partial charge in [-0.1, -0.05) is 42.8 Å². The summed E-state index contributed by atoms with van der Waals surface area (Å²) in [5, 5.41) is 17.2. The van der Waals surface area contributed by atoms with Crippen LogP contribution < -0.4 is 0 Å². The number of carboxylic acid groups (broad SMARTS) is 1. The predicted molar refractivity (Wildman–Crippen MR) is 96.4 cm³/mol. The number of carboxylic acids is 1. The Morgan fingerprint density at radius 1 is 0.963 bits per heavy atom. The van der Waals surface area contributed by atoms with Crippen molar-refractivity contribution in [2.24, 2.45) is 0 Å². The summed E-state index contributed by atoms with van der Waals surface area (Å²) in [7, 11) is 0. The number of hydrogen-bond acceptors (Lipinski definition) is 3. The summed E-state index contributed by atoms with van der Waals surface area (Å²) in [5.41, 5.74) is 3.41. The van der Waals surface area contributed by atoms with Crippen molar-refractivity contribution < 1.29 is 28.2 Å². The van der Waals surface area contributed by atoms with Crippen LogP contribution in [0.1, 0.15) is 24.8 Å². The molecule has 0 radical (unpaired) electrons. The van der Waals surface area contributed by atoms with E-state index in [9.17, 15) is 18.3 Å². The van der Waals surface area contributed by atoms with Crippen LogP contribution in [0.5, 0.6) is 5.75 Å². The summed E-state index contributed by atoms with van der Waals surface area (Å²) >= 11 is 0. The van der Waals surface area contributed by atoms with Crippen molar-refractivity contribution in [3.8, 4) is 16.9 Å². The van der Waals surface area contributed by atoms with E-state index < -0.39 is 12.1 Å². The van der Waals surface area contributed by atoms with Crippen LogP contribution in [0.15, 0.2) is 48.5 Å².